The normalized spacial score (nSPS) is 15.7. The van der Waals surface area contributed by atoms with E-state index in [0.717, 1.165) is 56.2 Å². The number of ketones is 1. The molecule has 6 nitrogen and oxygen atoms in total. The first kappa shape index (κ1) is 27.3. The predicted octanol–water partition coefficient (Wildman–Crippen LogP) is 7.37. The van der Waals surface area contributed by atoms with Gasteiger partial charge in [-0.05, 0) is 43.5 Å². The van der Waals surface area contributed by atoms with Crippen molar-refractivity contribution in [3.05, 3.63) is 156 Å². The molecule has 1 aliphatic heterocycles. The van der Waals surface area contributed by atoms with Crippen molar-refractivity contribution in [3.63, 3.8) is 0 Å². The average molecular weight is 574 g/mol. The summed E-state index contributed by atoms with van der Waals surface area (Å²) in [6.07, 6.45) is 8.03. The monoisotopic (exact) mass is 573 g/mol. The minimum atomic E-state index is 0.0426. The summed E-state index contributed by atoms with van der Waals surface area (Å²) in [5.41, 5.74) is 8.87. The second-order valence-electron chi connectivity index (χ2n) is 11.0. The van der Waals surface area contributed by atoms with Crippen LogP contribution in [0.15, 0.2) is 145 Å². The van der Waals surface area contributed by atoms with E-state index in [9.17, 15) is 4.79 Å². The Bertz CT molecular complexity index is 1830. The lowest BCUT2D eigenvalue weighted by Gasteiger charge is -2.26. The Hall–Kier alpha value is -5.59. The molecule has 0 bridgehead atoms. The van der Waals surface area contributed by atoms with E-state index in [4.69, 9.17) is 10.2 Å². The van der Waals surface area contributed by atoms with E-state index >= 15 is 0 Å². The Balaban J connectivity index is 1.30. The van der Waals surface area contributed by atoms with Crippen LogP contribution in [0.2, 0.25) is 0 Å². The van der Waals surface area contributed by atoms with E-state index in [-0.39, 0.29) is 5.78 Å². The lowest BCUT2D eigenvalue weighted by molar-refractivity contribution is -0.113. The highest BCUT2D eigenvalue weighted by molar-refractivity contribution is 6.15. The number of carbonyl (C=O) groups is 1. The van der Waals surface area contributed by atoms with E-state index in [1.54, 1.807) is 0 Å². The molecule has 0 amide bonds. The highest BCUT2D eigenvalue weighted by atomic mass is 16.1. The summed E-state index contributed by atoms with van der Waals surface area (Å²) in [6, 6.07) is 40.3. The standard InChI is InChI=1S/C38H31N5O/c1-41-24-32(22-30-26-42(34-18-10-4-11-19-34)39-36(30)28-14-6-2-7-15-28)38(44)33(25-41)23-31-27-43(35-20-12-5-13-21-35)40-37(31)29-16-8-3-9-17-29/h2-23,26-27H,24-25H2,1H3. The molecule has 7 rings (SSSR count). The van der Waals surface area contributed by atoms with Crippen molar-refractivity contribution in [2.24, 2.45) is 0 Å². The molecule has 3 heterocycles. The van der Waals surface area contributed by atoms with Crippen LogP contribution < -0.4 is 0 Å². The molecule has 6 heteroatoms. The number of hydrogen-bond donors (Lipinski definition) is 0. The Labute approximate surface area is 256 Å². The van der Waals surface area contributed by atoms with Crippen LogP contribution >= 0.6 is 0 Å². The molecule has 0 aliphatic carbocycles. The number of hydrogen-bond acceptors (Lipinski definition) is 4. The molecular weight excluding hydrogens is 542 g/mol. The molecule has 1 saturated heterocycles. The van der Waals surface area contributed by atoms with Crippen molar-refractivity contribution in [3.8, 4) is 33.9 Å². The van der Waals surface area contributed by atoms with E-state index in [1.165, 1.54) is 0 Å². The summed E-state index contributed by atoms with van der Waals surface area (Å²) >= 11 is 0. The summed E-state index contributed by atoms with van der Waals surface area (Å²) < 4.78 is 3.76. The maximum Gasteiger partial charge on any atom is 0.187 e. The topological polar surface area (TPSA) is 56.0 Å². The Kier molecular flexibility index (Phi) is 7.41. The van der Waals surface area contributed by atoms with Gasteiger partial charge in [0, 0.05) is 58.9 Å². The minimum absolute atomic E-state index is 0.0426. The van der Waals surface area contributed by atoms with Gasteiger partial charge in [-0.25, -0.2) is 9.36 Å². The third-order valence-corrected chi connectivity index (χ3v) is 7.74. The number of nitrogens with zero attached hydrogens (tertiary/aromatic N) is 5. The first-order valence-corrected chi connectivity index (χ1v) is 14.7. The maximum absolute atomic E-state index is 14.1. The van der Waals surface area contributed by atoms with Crippen LogP contribution in [0.3, 0.4) is 0 Å². The number of piperidine rings is 1. The fourth-order valence-electron chi connectivity index (χ4n) is 5.64. The zero-order valence-corrected chi connectivity index (χ0v) is 24.4. The summed E-state index contributed by atoms with van der Waals surface area (Å²) in [5, 5.41) is 9.89. The third kappa shape index (κ3) is 5.59. The van der Waals surface area contributed by atoms with Gasteiger partial charge in [-0.3, -0.25) is 9.69 Å². The van der Waals surface area contributed by atoms with Gasteiger partial charge in [0.15, 0.2) is 5.78 Å². The largest absolute Gasteiger partial charge is 0.298 e. The Morgan fingerprint density at radius 3 is 1.30 bits per heavy atom. The van der Waals surface area contributed by atoms with Crippen LogP contribution in [0.25, 0.3) is 46.0 Å². The van der Waals surface area contributed by atoms with Crippen LogP contribution in [0, 0.1) is 0 Å². The summed E-state index contributed by atoms with van der Waals surface area (Å²) in [6.45, 7) is 1.10. The van der Waals surface area contributed by atoms with Gasteiger partial charge in [0.05, 0.1) is 22.8 Å². The van der Waals surface area contributed by atoms with Crippen LogP contribution in [0.5, 0.6) is 0 Å². The highest BCUT2D eigenvalue weighted by Crippen LogP contribution is 2.30. The predicted molar refractivity (Wildman–Crippen MR) is 176 cm³/mol. The van der Waals surface area contributed by atoms with Crippen LogP contribution in [0.1, 0.15) is 11.1 Å². The van der Waals surface area contributed by atoms with Crippen molar-refractivity contribution in [2.45, 2.75) is 0 Å². The fourth-order valence-corrected chi connectivity index (χ4v) is 5.64. The van der Waals surface area contributed by atoms with Gasteiger partial charge in [0.1, 0.15) is 0 Å². The molecule has 0 saturated carbocycles. The minimum Gasteiger partial charge on any atom is -0.298 e. The van der Waals surface area contributed by atoms with E-state index < -0.39 is 0 Å². The maximum atomic E-state index is 14.1. The number of rotatable bonds is 6. The van der Waals surface area contributed by atoms with Gasteiger partial charge in [0.2, 0.25) is 0 Å². The molecule has 0 spiro atoms. The van der Waals surface area contributed by atoms with E-state index in [2.05, 4.69) is 29.2 Å². The van der Waals surface area contributed by atoms with Gasteiger partial charge in [0.25, 0.3) is 0 Å². The van der Waals surface area contributed by atoms with Crippen molar-refractivity contribution in [2.75, 3.05) is 20.1 Å². The summed E-state index contributed by atoms with van der Waals surface area (Å²) in [4.78, 5) is 16.3. The molecule has 2 aromatic heterocycles. The zero-order valence-electron chi connectivity index (χ0n) is 24.4. The molecule has 0 atom stereocenters. The first-order valence-electron chi connectivity index (χ1n) is 14.7. The highest BCUT2D eigenvalue weighted by Gasteiger charge is 2.26. The smallest absolute Gasteiger partial charge is 0.187 e. The molecule has 214 valence electrons. The van der Waals surface area contributed by atoms with Crippen molar-refractivity contribution < 1.29 is 4.79 Å². The fraction of sp³-hybridized carbons (Fsp3) is 0.0789. The number of para-hydroxylation sites is 2. The van der Waals surface area contributed by atoms with Gasteiger partial charge in [-0.1, -0.05) is 97.1 Å². The molecular formula is C38H31N5O. The number of likely N-dealkylation sites (tertiary alicyclic amines) is 1. The lowest BCUT2D eigenvalue weighted by atomic mass is 9.94. The summed E-state index contributed by atoms with van der Waals surface area (Å²) in [7, 11) is 2.05. The second kappa shape index (κ2) is 12.0. The quantitative estimate of drug-likeness (QED) is 0.195. The Morgan fingerprint density at radius 2 is 0.909 bits per heavy atom. The van der Waals surface area contributed by atoms with Crippen LogP contribution in [0.4, 0.5) is 0 Å². The molecule has 6 aromatic rings. The number of benzene rings is 4. The third-order valence-electron chi connectivity index (χ3n) is 7.74. The van der Waals surface area contributed by atoms with Crippen LogP contribution in [-0.4, -0.2) is 50.4 Å². The van der Waals surface area contributed by atoms with Crippen molar-refractivity contribution in [1.29, 1.82) is 0 Å². The molecule has 0 radical (unpaired) electrons. The molecule has 0 unspecified atom stereocenters. The number of carbonyl (C=O) groups excluding carboxylic acids is 1. The second-order valence-corrected chi connectivity index (χ2v) is 11.0. The van der Waals surface area contributed by atoms with Gasteiger partial charge in [-0.15, -0.1) is 0 Å². The molecule has 1 aliphatic rings. The van der Waals surface area contributed by atoms with Crippen LogP contribution in [-0.2, 0) is 4.79 Å². The molecule has 44 heavy (non-hydrogen) atoms. The number of Topliss-reactive ketones (excluding diaryl/α,β-unsaturated/α-hetero) is 1. The lowest BCUT2D eigenvalue weighted by Crippen LogP contribution is -2.34. The van der Waals surface area contributed by atoms with E-state index in [1.807, 2.05) is 138 Å². The van der Waals surface area contributed by atoms with Gasteiger partial charge < -0.3 is 0 Å². The average Bonchev–Trinajstić information content (AvgIpc) is 3.70. The molecule has 1 fully saturated rings. The summed E-state index contributed by atoms with van der Waals surface area (Å²) in [5.74, 6) is 0.0426. The SMILES string of the molecule is CN1CC(=Cc2cn(-c3ccccc3)nc2-c2ccccc2)C(=O)C(=Cc2cn(-c3ccccc3)nc2-c2ccccc2)C1. The zero-order chi connectivity index (χ0) is 29.9. The number of aromatic nitrogens is 4. The van der Waals surface area contributed by atoms with Crippen molar-refractivity contribution >= 4 is 17.9 Å². The Morgan fingerprint density at radius 1 is 0.545 bits per heavy atom. The number of likely N-dealkylation sites (N-methyl/N-ethyl adjacent to an activating group) is 1. The van der Waals surface area contributed by atoms with E-state index in [0.29, 0.717) is 13.1 Å². The van der Waals surface area contributed by atoms with Crippen molar-refractivity contribution in [1.82, 2.24) is 24.5 Å². The van der Waals surface area contributed by atoms with Gasteiger partial charge >= 0.3 is 0 Å². The molecule has 0 N–H and O–H groups in total. The molecule has 4 aromatic carbocycles. The van der Waals surface area contributed by atoms with Gasteiger partial charge in [-0.2, -0.15) is 10.2 Å². The first-order chi connectivity index (χ1) is 21.6.